The molecule has 1 aromatic rings. The minimum atomic E-state index is -3.48. The fourth-order valence-corrected chi connectivity index (χ4v) is 4.29. The largest absolute Gasteiger partial charge is 0.380 e. The predicted molar refractivity (Wildman–Crippen MR) is 77.9 cm³/mol. The fourth-order valence-electron chi connectivity index (χ4n) is 2.10. The van der Waals surface area contributed by atoms with Crippen LogP contribution >= 0.6 is 27.5 Å². The number of ether oxygens (including phenoxy) is 1. The van der Waals surface area contributed by atoms with Crippen molar-refractivity contribution in [1.82, 2.24) is 4.31 Å². The molecule has 1 aliphatic heterocycles. The SMILES string of the molecule is COC1CCCN(S(=O)(=O)c2ccc(Cl)c(Br)c2)C1. The summed E-state index contributed by atoms with van der Waals surface area (Å²) in [5, 5.41) is 0.493. The highest BCUT2D eigenvalue weighted by molar-refractivity contribution is 9.10. The van der Waals surface area contributed by atoms with Crippen LogP contribution in [-0.2, 0) is 14.8 Å². The van der Waals surface area contributed by atoms with E-state index in [4.69, 9.17) is 16.3 Å². The van der Waals surface area contributed by atoms with Crippen molar-refractivity contribution in [3.05, 3.63) is 27.7 Å². The lowest BCUT2D eigenvalue weighted by Gasteiger charge is -2.31. The van der Waals surface area contributed by atoms with E-state index in [2.05, 4.69) is 15.9 Å². The summed E-state index contributed by atoms with van der Waals surface area (Å²) in [5.41, 5.74) is 0. The third-order valence-electron chi connectivity index (χ3n) is 3.20. The van der Waals surface area contributed by atoms with E-state index in [1.165, 1.54) is 16.4 Å². The Bertz CT molecular complexity index is 564. The predicted octanol–water partition coefficient (Wildman–Crippen LogP) is 2.90. The third kappa shape index (κ3) is 3.31. The maximum Gasteiger partial charge on any atom is 0.243 e. The molecule has 106 valence electrons. The molecule has 0 bridgehead atoms. The first-order valence-corrected chi connectivity index (χ1v) is 8.54. The molecule has 1 heterocycles. The molecule has 19 heavy (non-hydrogen) atoms. The lowest BCUT2D eigenvalue weighted by Crippen LogP contribution is -2.42. The van der Waals surface area contributed by atoms with E-state index in [9.17, 15) is 8.42 Å². The highest BCUT2D eigenvalue weighted by Gasteiger charge is 2.30. The number of halogens is 2. The molecular formula is C12H15BrClNO3S. The van der Waals surface area contributed by atoms with Crippen molar-refractivity contribution in [3.8, 4) is 0 Å². The molecule has 0 aliphatic carbocycles. The van der Waals surface area contributed by atoms with Gasteiger partial charge in [0.05, 0.1) is 16.0 Å². The molecule has 1 saturated heterocycles. The molecule has 7 heteroatoms. The van der Waals surface area contributed by atoms with Gasteiger partial charge in [-0.1, -0.05) is 11.6 Å². The van der Waals surface area contributed by atoms with E-state index in [0.29, 0.717) is 22.6 Å². The van der Waals surface area contributed by atoms with Crippen LogP contribution in [0.15, 0.2) is 27.6 Å². The van der Waals surface area contributed by atoms with Crippen molar-refractivity contribution in [3.63, 3.8) is 0 Å². The van der Waals surface area contributed by atoms with Gasteiger partial charge in [0.1, 0.15) is 0 Å². The Morgan fingerprint density at radius 1 is 1.47 bits per heavy atom. The van der Waals surface area contributed by atoms with Gasteiger partial charge < -0.3 is 4.74 Å². The molecule has 0 radical (unpaired) electrons. The summed E-state index contributed by atoms with van der Waals surface area (Å²) >= 11 is 9.14. The van der Waals surface area contributed by atoms with Gasteiger partial charge in [-0.05, 0) is 47.0 Å². The summed E-state index contributed by atoms with van der Waals surface area (Å²) in [7, 11) is -1.87. The number of benzene rings is 1. The van der Waals surface area contributed by atoms with Gasteiger partial charge >= 0.3 is 0 Å². The molecule has 0 aromatic heterocycles. The Morgan fingerprint density at radius 2 is 2.21 bits per heavy atom. The number of hydrogen-bond donors (Lipinski definition) is 0. The van der Waals surface area contributed by atoms with Gasteiger partial charge in [0.2, 0.25) is 10.0 Å². The second-order valence-electron chi connectivity index (χ2n) is 4.44. The summed E-state index contributed by atoms with van der Waals surface area (Å²) in [5.74, 6) is 0. The highest BCUT2D eigenvalue weighted by atomic mass is 79.9. The lowest BCUT2D eigenvalue weighted by molar-refractivity contribution is 0.0572. The second-order valence-corrected chi connectivity index (χ2v) is 7.64. The summed E-state index contributed by atoms with van der Waals surface area (Å²) in [6.45, 7) is 0.932. The average Bonchev–Trinajstić information content (AvgIpc) is 2.41. The standard InChI is InChI=1S/C12H15BrClNO3S/c1-18-9-3-2-6-15(8-9)19(16,17)10-4-5-12(14)11(13)7-10/h4-5,7,9H,2-3,6,8H2,1H3. The number of sulfonamides is 1. The van der Waals surface area contributed by atoms with E-state index < -0.39 is 10.0 Å². The van der Waals surface area contributed by atoms with Crippen molar-refractivity contribution in [1.29, 1.82) is 0 Å². The monoisotopic (exact) mass is 367 g/mol. The first-order chi connectivity index (χ1) is 8.95. The Hall–Kier alpha value is -0.140. The average molecular weight is 369 g/mol. The Labute approximate surface area is 126 Å². The molecule has 1 aliphatic rings. The zero-order valence-corrected chi connectivity index (χ0v) is 13.6. The van der Waals surface area contributed by atoms with E-state index in [1.807, 2.05) is 0 Å². The molecule has 1 aromatic carbocycles. The number of piperidine rings is 1. The Kier molecular flexibility index (Phi) is 4.89. The molecule has 1 unspecified atom stereocenters. The van der Waals surface area contributed by atoms with E-state index in [-0.39, 0.29) is 11.0 Å². The molecule has 2 rings (SSSR count). The van der Waals surface area contributed by atoms with Crippen LogP contribution in [0.5, 0.6) is 0 Å². The maximum absolute atomic E-state index is 12.5. The molecule has 4 nitrogen and oxygen atoms in total. The smallest absolute Gasteiger partial charge is 0.243 e. The zero-order valence-electron chi connectivity index (χ0n) is 10.5. The molecule has 1 atom stereocenters. The minimum absolute atomic E-state index is 0.0285. The molecular weight excluding hydrogens is 354 g/mol. The first kappa shape index (κ1) is 15.3. The van der Waals surface area contributed by atoms with E-state index in [1.54, 1.807) is 13.2 Å². The quantitative estimate of drug-likeness (QED) is 0.824. The van der Waals surface area contributed by atoms with Gasteiger partial charge in [0.25, 0.3) is 0 Å². The van der Waals surface area contributed by atoms with Crippen molar-refractivity contribution < 1.29 is 13.2 Å². The first-order valence-electron chi connectivity index (χ1n) is 5.93. The number of rotatable bonds is 3. The number of nitrogens with zero attached hydrogens (tertiary/aromatic N) is 1. The van der Waals surface area contributed by atoms with Gasteiger partial charge in [-0.15, -0.1) is 0 Å². The topological polar surface area (TPSA) is 46.6 Å². The summed E-state index contributed by atoms with van der Waals surface area (Å²) < 4.78 is 32.3. The van der Waals surface area contributed by atoms with Gasteiger partial charge in [-0.25, -0.2) is 8.42 Å². The zero-order chi connectivity index (χ0) is 14.0. The Morgan fingerprint density at radius 3 is 2.84 bits per heavy atom. The van der Waals surface area contributed by atoms with Gasteiger partial charge in [-0.2, -0.15) is 4.31 Å². The van der Waals surface area contributed by atoms with Crippen molar-refractivity contribution in [2.75, 3.05) is 20.2 Å². The van der Waals surface area contributed by atoms with Crippen LogP contribution in [-0.4, -0.2) is 39.0 Å². The van der Waals surface area contributed by atoms with Crippen molar-refractivity contribution in [2.45, 2.75) is 23.8 Å². The highest BCUT2D eigenvalue weighted by Crippen LogP contribution is 2.28. The molecule has 0 spiro atoms. The van der Waals surface area contributed by atoms with Gasteiger partial charge in [0.15, 0.2) is 0 Å². The van der Waals surface area contributed by atoms with Crippen LogP contribution in [0.3, 0.4) is 0 Å². The Balaban J connectivity index is 2.28. The van der Waals surface area contributed by atoms with Crippen LogP contribution < -0.4 is 0 Å². The lowest BCUT2D eigenvalue weighted by atomic mass is 10.1. The molecule has 0 N–H and O–H groups in total. The molecule has 0 saturated carbocycles. The van der Waals surface area contributed by atoms with Gasteiger partial charge in [0, 0.05) is 24.7 Å². The number of hydrogen-bond acceptors (Lipinski definition) is 3. The van der Waals surface area contributed by atoms with E-state index in [0.717, 1.165) is 12.8 Å². The van der Waals surface area contributed by atoms with Crippen LogP contribution in [0, 0.1) is 0 Å². The van der Waals surface area contributed by atoms with Gasteiger partial charge in [-0.3, -0.25) is 0 Å². The molecule has 0 amide bonds. The fraction of sp³-hybridized carbons (Fsp3) is 0.500. The van der Waals surface area contributed by atoms with Crippen molar-refractivity contribution in [2.24, 2.45) is 0 Å². The summed E-state index contributed by atoms with van der Waals surface area (Å²) in [6, 6.07) is 4.64. The third-order valence-corrected chi connectivity index (χ3v) is 6.28. The number of methoxy groups -OCH3 is 1. The maximum atomic E-state index is 12.5. The van der Waals surface area contributed by atoms with Crippen molar-refractivity contribution >= 4 is 37.6 Å². The van der Waals surface area contributed by atoms with Crippen LogP contribution in [0.1, 0.15) is 12.8 Å². The molecule has 1 fully saturated rings. The van der Waals surface area contributed by atoms with Crippen LogP contribution in [0.2, 0.25) is 5.02 Å². The summed E-state index contributed by atoms with van der Waals surface area (Å²) in [4.78, 5) is 0.250. The second kappa shape index (κ2) is 6.10. The normalized spacial score (nSPS) is 21.5. The summed E-state index contributed by atoms with van der Waals surface area (Å²) in [6.07, 6.45) is 1.68. The minimum Gasteiger partial charge on any atom is -0.380 e. The van der Waals surface area contributed by atoms with Crippen LogP contribution in [0.4, 0.5) is 0 Å². The van der Waals surface area contributed by atoms with E-state index >= 15 is 0 Å². The van der Waals surface area contributed by atoms with Crippen LogP contribution in [0.25, 0.3) is 0 Å².